The molecule has 0 bridgehead atoms. The van der Waals surface area contributed by atoms with Crippen LogP contribution in [-0.4, -0.2) is 29.1 Å². The van der Waals surface area contributed by atoms with Crippen molar-refractivity contribution in [2.24, 2.45) is 0 Å². The summed E-state index contributed by atoms with van der Waals surface area (Å²) >= 11 is 5.92. The lowest BCUT2D eigenvalue weighted by Crippen LogP contribution is -2.38. The van der Waals surface area contributed by atoms with Crippen LogP contribution in [0.3, 0.4) is 0 Å². The number of rotatable bonds is 4. The maximum atomic E-state index is 12.9. The summed E-state index contributed by atoms with van der Waals surface area (Å²) < 4.78 is 54.4. The van der Waals surface area contributed by atoms with Gasteiger partial charge in [-0.25, -0.2) is 16.8 Å². The van der Waals surface area contributed by atoms with Gasteiger partial charge in [-0.05, 0) is 68.1 Å². The Hall–Kier alpha value is -1.77. The molecule has 1 saturated heterocycles. The molecule has 9 heteroatoms. The van der Waals surface area contributed by atoms with Crippen molar-refractivity contribution < 1.29 is 16.8 Å². The van der Waals surface area contributed by atoms with E-state index in [4.69, 9.17) is 11.6 Å². The van der Waals surface area contributed by atoms with Crippen molar-refractivity contribution >= 4 is 43.0 Å². The predicted molar refractivity (Wildman–Crippen MR) is 109 cm³/mol. The largest absolute Gasteiger partial charge is 0.280 e. The average Bonchev–Trinajstić information content (AvgIpc) is 2.52. The van der Waals surface area contributed by atoms with Crippen molar-refractivity contribution in [3.63, 3.8) is 0 Å². The first-order chi connectivity index (χ1) is 12.6. The first kappa shape index (κ1) is 20.0. The number of hydrogen-bond acceptors (Lipinski definition) is 4. The smallest absolute Gasteiger partial charge is 0.262 e. The van der Waals surface area contributed by atoms with E-state index in [1.165, 1.54) is 10.4 Å². The Balaban J connectivity index is 2.00. The zero-order chi connectivity index (χ0) is 19.8. The van der Waals surface area contributed by atoms with Gasteiger partial charge in [0.15, 0.2) is 0 Å². The third-order valence-electron chi connectivity index (χ3n) is 4.43. The lowest BCUT2D eigenvalue weighted by Gasteiger charge is -2.29. The average molecular weight is 429 g/mol. The monoisotopic (exact) mass is 428 g/mol. The topological polar surface area (TPSA) is 83.6 Å². The van der Waals surface area contributed by atoms with E-state index in [1.54, 1.807) is 44.2 Å². The Kier molecular flexibility index (Phi) is 5.42. The molecule has 0 unspecified atom stereocenters. The van der Waals surface area contributed by atoms with Gasteiger partial charge in [0.1, 0.15) is 0 Å². The SMILES string of the molecule is Cc1cc(N2CCCCS2(=O)=O)cc(C)c1S(=O)(=O)Nc1cccc(Cl)c1. The summed E-state index contributed by atoms with van der Waals surface area (Å²) in [6, 6.07) is 9.68. The summed E-state index contributed by atoms with van der Waals surface area (Å²) in [6.45, 7) is 3.74. The molecule has 0 atom stereocenters. The Morgan fingerprint density at radius 3 is 2.33 bits per heavy atom. The van der Waals surface area contributed by atoms with Gasteiger partial charge in [0, 0.05) is 11.6 Å². The third kappa shape index (κ3) is 4.23. The Labute approximate surface area is 165 Å². The maximum absolute atomic E-state index is 12.9. The van der Waals surface area contributed by atoms with E-state index in [9.17, 15) is 16.8 Å². The molecule has 2 aromatic carbocycles. The summed E-state index contributed by atoms with van der Waals surface area (Å²) in [5.74, 6) is 0.113. The number of halogens is 1. The molecule has 0 amide bonds. The summed E-state index contributed by atoms with van der Waals surface area (Å²) in [4.78, 5) is 0.139. The number of benzene rings is 2. The van der Waals surface area contributed by atoms with Crippen LogP contribution in [0.5, 0.6) is 0 Å². The first-order valence-corrected chi connectivity index (χ1v) is 12.0. The van der Waals surface area contributed by atoms with E-state index in [2.05, 4.69) is 4.72 Å². The molecule has 0 aromatic heterocycles. The minimum absolute atomic E-state index is 0.113. The van der Waals surface area contributed by atoms with Crippen LogP contribution in [-0.2, 0) is 20.0 Å². The second-order valence-corrected chi connectivity index (χ2v) is 10.7. The number of anilines is 2. The van der Waals surface area contributed by atoms with Gasteiger partial charge in [-0.2, -0.15) is 0 Å². The molecule has 1 aliphatic rings. The normalized spacial score (nSPS) is 16.9. The van der Waals surface area contributed by atoms with E-state index in [0.29, 0.717) is 40.5 Å². The lowest BCUT2D eigenvalue weighted by atomic mass is 10.1. The lowest BCUT2D eigenvalue weighted by molar-refractivity contribution is 0.574. The van der Waals surface area contributed by atoms with E-state index in [1.807, 2.05) is 0 Å². The zero-order valence-electron chi connectivity index (χ0n) is 15.1. The number of nitrogens with zero attached hydrogens (tertiary/aromatic N) is 1. The first-order valence-electron chi connectivity index (χ1n) is 8.50. The minimum Gasteiger partial charge on any atom is -0.280 e. The van der Waals surface area contributed by atoms with Crippen molar-refractivity contribution in [2.45, 2.75) is 31.6 Å². The number of sulfonamides is 2. The van der Waals surface area contributed by atoms with E-state index in [0.717, 1.165) is 6.42 Å². The van der Waals surface area contributed by atoms with Crippen LogP contribution < -0.4 is 9.03 Å². The highest BCUT2D eigenvalue weighted by Gasteiger charge is 2.28. The Morgan fingerprint density at radius 2 is 1.74 bits per heavy atom. The molecule has 2 aromatic rings. The molecule has 0 spiro atoms. The van der Waals surface area contributed by atoms with E-state index in [-0.39, 0.29) is 10.6 Å². The van der Waals surface area contributed by atoms with Crippen molar-refractivity contribution in [1.29, 1.82) is 0 Å². The van der Waals surface area contributed by atoms with E-state index >= 15 is 0 Å². The molecule has 6 nitrogen and oxygen atoms in total. The second kappa shape index (κ2) is 7.33. The number of hydrogen-bond donors (Lipinski definition) is 1. The third-order valence-corrected chi connectivity index (χ3v) is 8.22. The molecule has 146 valence electrons. The van der Waals surface area contributed by atoms with Gasteiger partial charge in [-0.3, -0.25) is 9.03 Å². The van der Waals surface area contributed by atoms with Crippen molar-refractivity contribution in [3.8, 4) is 0 Å². The fourth-order valence-corrected chi connectivity index (χ4v) is 6.65. The van der Waals surface area contributed by atoms with Crippen LogP contribution in [0.15, 0.2) is 41.3 Å². The van der Waals surface area contributed by atoms with Gasteiger partial charge in [-0.1, -0.05) is 17.7 Å². The van der Waals surface area contributed by atoms with Gasteiger partial charge in [0.2, 0.25) is 10.0 Å². The highest BCUT2D eigenvalue weighted by atomic mass is 35.5. The molecule has 1 fully saturated rings. The highest BCUT2D eigenvalue weighted by Crippen LogP contribution is 2.31. The highest BCUT2D eigenvalue weighted by molar-refractivity contribution is 7.93. The molecule has 0 aliphatic carbocycles. The molecular formula is C18H21ClN2O4S2. The number of aryl methyl sites for hydroxylation is 2. The van der Waals surface area contributed by atoms with Crippen molar-refractivity contribution in [2.75, 3.05) is 21.3 Å². The quantitative estimate of drug-likeness (QED) is 0.804. The molecule has 0 radical (unpaired) electrons. The summed E-state index contributed by atoms with van der Waals surface area (Å²) in [7, 11) is -7.20. The van der Waals surface area contributed by atoms with Crippen LogP contribution in [0.1, 0.15) is 24.0 Å². The van der Waals surface area contributed by atoms with Gasteiger partial charge < -0.3 is 0 Å². The minimum atomic E-state index is -3.84. The molecule has 3 rings (SSSR count). The molecule has 0 saturated carbocycles. The number of nitrogens with one attached hydrogen (secondary N) is 1. The van der Waals surface area contributed by atoms with Gasteiger partial charge in [-0.15, -0.1) is 0 Å². The molecule has 1 heterocycles. The molecule has 27 heavy (non-hydrogen) atoms. The molecular weight excluding hydrogens is 408 g/mol. The van der Waals surface area contributed by atoms with Crippen LogP contribution in [0, 0.1) is 13.8 Å². The fourth-order valence-electron chi connectivity index (χ4n) is 3.33. The van der Waals surface area contributed by atoms with Gasteiger partial charge >= 0.3 is 0 Å². The summed E-state index contributed by atoms with van der Waals surface area (Å²) in [5.41, 5.74) is 1.84. The summed E-state index contributed by atoms with van der Waals surface area (Å²) in [5, 5.41) is 0.425. The van der Waals surface area contributed by atoms with Crippen LogP contribution >= 0.6 is 11.6 Å². The van der Waals surface area contributed by atoms with Crippen molar-refractivity contribution in [1.82, 2.24) is 0 Å². The van der Waals surface area contributed by atoms with E-state index < -0.39 is 20.0 Å². The fraction of sp³-hybridized carbons (Fsp3) is 0.333. The second-order valence-electron chi connectivity index (χ2n) is 6.62. The molecule has 1 N–H and O–H groups in total. The zero-order valence-corrected chi connectivity index (χ0v) is 17.5. The Morgan fingerprint density at radius 1 is 1.07 bits per heavy atom. The maximum Gasteiger partial charge on any atom is 0.262 e. The molecule has 1 aliphatic heterocycles. The van der Waals surface area contributed by atoms with Crippen LogP contribution in [0.25, 0.3) is 0 Å². The van der Waals surface area contributed by atoms with Crippen LogP contribution in [0.4, 0.5) is 11.4 Å². The van der Waals surface area contributed by atoms with Crippen LogP contribution in [0.2, 0.25) is 5.02 Å². The van der Waals surface area contributed by atoms with Gasteiger partial charge in [0.25, 0.3) is 10.0 Å². The van der Waals surface area contributed by atoms with Crippen molar-refractivity contribution in [3.05, 3.63) is 52.5 Å². The standard InChI is InChI=1S/C18H21ClN2O4S2/c1-13-10-17(21-8-3-4-9-26(21,22)23)11-14(2)18(13)27(24,25)20-16-7-5-6-15(19)12-16/h5-7,10-12,20H,3-4,8-9H2,1-2H3. The Bertz CT molecular complexity index is 1060. The van der Waals surface area contributed by atoms with Gasteiger partial charge in [0.05, 0.1) is 22.0 Å². The summed E-state index contributed by atoms with van der Waals surface area (Å²) in [6.07, 6.45) is 1.43. The predicted octanol–water partition coefficient (Wildman–Crippen LogP) is 3.69.